The predicted octanol–water partition coefficient (Wildman–Crippen LogP) is -1.35. The Morgan fingerprint density at radius 3 is 2.36 bits per heavy atom. The van der Waals surface area contributed by atoms with Gasteiger partial charge in [-0.25, -0.2) is 8.42 Å². The molecule has 0 aromatic heterocycles. The first-order valence-corrected chi connectivity index (χ1v) is 6.60. The molecule has 1 spiro atoms. The monoisotopic (exact) mass is 218 g/mol. The van der Waals surface area contributed by atoms with Gasteiger partial charge in [-0.05, 0) is 12.8 Å². The smallest absolute Gasteiger partial charge is 0.240 e. The van der Waals surface area contributed by atoms with E-state index in [1.807, 2.05) is 0 Å². The Morgan fingerprint density at radius 2 is 1.79 bits per heavy atom. The number of sulfone groups is 1. The average molecular weight is 218 g/mol. The van der Waals surface area contributed by atoms with Crippen LogP contribution in [0.2, 0.25) is 0 Å². The standard InChI is InChI=1S/C8H14N2O3S/c11-7-8(10-4-3-9-7)1-5-14(12,13)6-2-8/h10H,1-6H2,(H,9,11). The van der Waals surface area contributed by atoms with Gasteiger partial charge in [0.05, 0.1) is 17.0 Å². The second kappa shape index (κ2) is 3.20. The van der Waals surface area contributed by atoms with Crippen molar-refractivity contribution in [2.75, 3.05) is 24.6 Å². The fourth-order valence-electron chi connectivity index (χ4n) is 2.02. The summed E-state index contributed by atoms with van der Waals surface area (Å²) < 4.78 is 22.4. The molecule has 0 saturated carbocycles. The summed E-state index contributed by atoms with van der Waals surface area (Å²) in [5, 5.41) is 5.92. The van der Waals surface area contributed by atoms with Gasteiger partial charge in [0.2, 0.25) is 5.91 Å². The molecule has 6 heteroatoms. The molecule has 2 saturated heterocycles. The third kappa shape index (κ3) is 1.64. The van der Waals surface area contributed by atoms with Gasteiger partial charge in [-0.2, -0.15) is 0 Å². The molecule has 5 nitrogen and oxygen atoms in total. The van der Waals surface area contributed by atoms with Crippen LogP contribution < -0.4 is 10.6 Å². The molecule has 0 aromatic rings. The molecule has 14 heavy (non-hydrogen) atoms. The number of hydrogen-bond donors (Lipinski definition) is 2. The molecule has 0 aliphatic carbocycles. The zero-order valence-electron chi connectivity index (χ0n) is 7.88. The van der Waals surface area contributed by atoms with Crippen LogP contribution in [-0.4, -0.2) is 44.5 Å². The quantitative estimate of drug-likeness (QED) is 0.527. The van der Waals surface area contributed by atoms with Crippen molar-refractivity contribution in [3.8, 4) is 0 Å². The Bertz CT molecular complexity index is 336. The number of amides is 1. The number of hydrogen-bond acceptors (Lipinski definition) is 4. The molecule has 0 aromatic carbocycles. The van der Waals surface area contributed by atoms with Crippen LogP contribution in [0.4, 0.5) is 0 Å². The molecule has 2 N–H and O–H groups in total. The highest BCUT2D eigenvalue weighted by Crippen LogP contribution is 2.25. The Kier molecular flexibility index (Phi) is 2.27. The van der Waals surface area contributed by atoms with Gasteiger partial charge in [-0.1, -0.05) is 0 Å². The molecule has 0 bridgehead atoms. The van der Waals surface area contributed by atoms with E-state index in [0.717, 1.165) is 6.54 Å². The first-order chi connectivity index (χ1) is 6.54. The lowest BCUT2D eigenvalue weighted by Crippen LogP contribution is -2.65. The summed E-state index contributed by atoms with van der Waals surface area (Å²) in [5.41, 5.74) is -0.608. The highest BCUT2D eigenvalue weighted by molar-refractivity contribution is 7.91. The van der Waals surface area contributed by atoms with Crippen LogP contribution in [0.5, 0.6) is 0 Å². The zero-order valence-corrected chi connectivity index (χ0v) is 8.69. The maximum absolute atomic E-state index is 11.6. The van der Waals surface area contributed by atoms with Crippen molar-refractivity contribution in [2.24, 2.45) is 0 Å². The highest BCUT2D eigenvalue weighted by atomic mass is 32.2. The minimum Gasteiger partial charge on any atom is -0.353 e. The first kappa shape index (κ1) is 9.92. The normalized spacial score (nSPS) is 29.9. The Labute approximate surface area is 83.2 Å². The molecule has 2 fully saturated rings. The SMILES string of the molecule is O=C1NCCNC12CCS(=O)(=O)CC2. The van der Waals surface area contributed by atoms with Gasteiger partial charge in [-0.3, -0.25) is 4.79 Å². The largest absolute Gasteiger partial charge is 0.353 e. The number of nitrogens with one attached hydrogen (secondary N) is 2. The van der Waals surface area contributed by atoms with Crippen molar-refractivity contribution in [2.45, 2.75) is 18.4 Å². The van der Waals surface area contributed by atoms with Crippen LogP contribution >= 0.6 is 0 Å². The van der Waals surface area contributed by atoms with Gasteiger partial charge < -0.3 is 10.6 Å². The maximum Gasteiger partial charge on any atom is 0.240 e. The van der Waals surface area contributed by atoms with Gasteiger partial charge >= 0.3 is 0 Å². The molecule has 0 atom stereocenters. The minimum absolute atomic E-state index is 0.0429. The van der Waals surface area contributed by atoms with Crippen molar-refractivity contribution in [3.63, 3.8) is 0 Å². The number of carbonyl (C=O) groups is 1. The van der Waals surface area contributed by atoms with Crippen LogP contribution in [0, 0.1) is 0 Å². The topological polar surface area (TPSA) is 75.3 Å². The van der Waals surface area contributed by atoms with E-state index in [9.17, 15) is 13.2 Å². The van der Waals surface area contributed by atoms with Crippen LogP contribution in [0.1, 0.15) is 12.8 Å². The van der Waals surface area contributed by atoms with E-state index in [4.69, 9.17) is 0 Å². The van der Waals surface area contributed by atoms with E-state index in [1.165, 1.54) is 0 Å². The zero-order chi connectivity index (χ0) is 10.2. The van der Waals surface area contributed by atoms with E-state index in [1.54, 1.807) is 0 Å². The third-order valence-corrected chi connectivity index (χ3v) is 4.64. The first-order valence-electron chi connectivity index (χ1n) is 4.78. The van der Waals surface area contributed by atoms with Crippen molar-refractivity contribution in [3.05, 3.63) is 0 Å². The lowest BCUT2D eigenvalue weighted by molar-refractivity contribution is -0.129. The minimum atomic E-state index is -2.90. The second-order valence-corrected chi connectivity index (χ2v) is 6.22. The summed E-state index contributed by atoms with van der Waals surface area (Å²) in [4.78, 5) is 11.6. The van der Waals surface area contributed by atoms with E-state index in [2.05, 4.69) is 10.6 Å². The molecule has 2 rings (SSSR count). The number of carbonyl (C=O) groups excluding carboxylic acids is 1. The molecular formula is C8H14N2O3S. The molecule has 2 heterocycles. The van der Waals surface area contributed by atoms with Gasteiger partial charge in [-0.15, -0.1) is 0 Å². The third-order valence-electron chi connectivity index (χ3n) is 2.99. The fourth-order valence-corrected chi connectivity index (χ4v) is 3.54. The van der Waals surface area contributed by atoms with Gasteiger partial charge in [0.15, 0.2) is 0 Å². The molecule has 2 aliphatic rings. The Hall–Kier alpha value is -0.620. The fraction of sp³-hybridized carbons (Fsp3) is 0.875. The van der Waals surface area contributed by atoms with Crippen LogP contribution in [-0.2, 0) is 14.6 Å². The summed E-state index contributed by atoms with van der Waals surface area (Å²) in [6.07, 6.45) is 0.808. The van der Waals surface area contributed by atoms with Gasteiger partial charge in [0, 0.05) is 13.1 Å². The summed E-state index contributed by atoms with van der Waals surface area (Å²) in [5.74, 6) is 0.194. The van der Waals surface area contributed by atoms with Gasteiger partial charge in [0.1, 0.15) is 9.84 Å². The highest BCUT2D eigenvalue weighted by Gasteiger charge is 2.44. The summed E-state index contributed by atoms with van der Waals surface area (Å²) >= 11 is 0. The molecular weight excluding hydrogens is 204 g/mol. The van der Waals surface area contributed by atoms with Crippen LogP contribution in [0.15, 0.2) is 0 Å². The molecule has 1 amide bonds. The average Bonchev–Trinajstić information content (AvgIpc) is 2.15. The van der Waals surface area contributed by atoms with Crippen molar-refractivity contribution in [1.82, 2.24) is 10.6 Å². The van der Waals surface area contributed by atoms with Crippen LogP contribution in [0.25, 0.3) is 0 Å². The van der Waals surface area contributed by atoms with Crippen molar-refractivity contribution < 1.29 is 13.2 Å². The predicted molar refractivity (Wildman–Crippen MR) is 51.6 cm³/mol. The lowest BCUT2D eigenvalue weighted by Gasteiger charge is -2.39. The van der Waals surface area contributed by atoms with E-state index >= 15 is 0 Å². The summed E-state index contributed by atoms with van der Waals surface area (Å²) in [6, 6.07) is 0. The Balaban J connectivity index is 2.14. The molecule has 0 radical (unpaired) electrons. The second-order valence-electron chi connectivity index (χ2n) is 3.92. The van der Waals surface area contributed by atoms with E-state index in [-0.39, 0.29) is 17.4 Å². The van der Waals surface area contributed by atoms with E-state index in [0.29, 0.717) is 19.4 Å². The Morgan fingerprint density at radius 1 is 1.14 bits per heavy atom. The van der Waals surface area contributed by atoms with Crippen LogP contribution in [0.3, 0.4) is 0 Å². The molecule has 2 aliphatic heterocycles. The molecule has 80 valence electrons. The number of piperazine rings is 1. The maximum atomic E-state index is 11.6. The lowest BCUT2D eigenvalue weighted by atomic mass is 9.89. The molecule has 0 unspecified atom stereocenters. The van der Waals surface area contributed by atoms with E-state index < -0.39 is 15.4 Å². The van der Waals surface area contributed by atoms with Crippen molar-refractivity contribution >= 4 is 15.7 Å². The van der Waals surface area contributed by atoms with Crippen molar-refractivity contribution in [1.29, 1.82) is 0 Å². The number of rotatable bonds is 0. The summed E-state index contributed by atoms with van der Waals surface area (Å²) in [6.45, 7) is 1.36. The summed E-state index contributed by atoms with van der Waals surface area (Å²) in [7, 11) is -2.90. The van der Waals surface area contributed by atoms with Gasteiger partial charge in [0.25, 0.3) is 0 Å².